The standard InChI is InChI=1S/C13H18F2N2/c1-17-7-3-6-12(17)13(14,15)11-5-2-4-10(8-11)9-16/h2,4-5,8,12H,3,6-7,9,16H2,1H3. The summed E-state index contributed by atoms with van der Waals surface area (Å²) < 4.78 is 28.7. The predicted octanol–water partition coefficient (Wildman–Crippen LogP) is 2.33. The zero-order chi connectivity index (χ0) is 12.5. The fourth-order valence-electron chi connectivity index (χ4n) is 2.47. The molecule has 1 saturated heterocycles. The summed E-state index contributed by atoms with van der Waals surface area (Å²) in [5, 5.41) is 0. The second kappa shape index (κ2) is 4.70. The van der Waals surface area contributed by atoms with Crippen LogP contribution in [-0.2, 0) is 12.5 Å². The summed E-state index contributed by atoms with van der Waals surface area (Å²) in [7, 11) is 1.76. The van der Waals surface area contributed by atoms with Crippen LogP contribution >= 0.6 is 0 Å². The van der Waals surface area contributed by atoms with Gasteiger partial charge in [0.1, 0.15) is 0 Å². The van der Waals surface area contributed by atoms with Crippen LogP contribution in [0.25, 0.3) is 0 Å². The fraction of sp³-hybridized carbons (Fsp3) is 0.538. The van der Waals surface area contributed by atoms with Gasteiger partial charge in [-0.25, -0.2) is 0 Å². The van der Waals surface area contributed by atoms with Crippen LogP contribution in [0.1, 0.15) is 24.0 Å². The van der Waals surface area contributed by atoms with Crippen molar-refractivity contribution >= 4 is 0 Å². The number of nitrogens with zero attached hydrogens (tertiary/aromatic N) is 1. The molecule has 0 saturated carbocycles. The molecule has 0 aromatic heterocycles. The van der Waals surface area contributed by atoms with Crippen LogP contribution in [0.3, 0.4) is 0 Å². The van der Waals surface area contributed by atoms with Gasteiger partial charge in [0.25, 0.3) is 5.92 Å². The second-order valence-electron chi connectivity index (χ2n) is 4.67. The number of halogens is 2. The SMILES string of the molecule is CN1CCCC1C(F)(F)c1cccc(CN)c1. The van der Waals surface area contributed by atoms with E-state index in [1.54, 1.807) is 24.1 Å². The molecular weight excluding hydrogens is 222 g/mol. The van der Waals surface area contributed by atoms with Gasteiger partial charge in [-0.3, -0.25) is 4.90 Å². The van der Waals surface area contributed by atoms with Gasteiger partial charge in [-0.05, 0) is 38.1 Å². The lowest BCUT2D eigenvalue weighted by atomic mass is 9.97. The summed E-state index contributed by atoms with van der Waals surface area (Å²) in [6, 6.07) is 5.76. The Bertz CT molecular complexity index is 393. The van der Waals surface area contributed by atoms with Gasteiger partial charge in [-0.1, -0.05) is 18.2 Å². The van der Waals surface area contributed by atoms with Crippen molar-refractivity contribution < 1.29 is 8.78 Å². The fourth-order valence-corrected chi connectivity index (χ4v) is 2.47. The molecule has 1 fully saturated rings. The molecule has 0 spiro atoms. The van der Waals surface area contributed by atoms with Crippen LogP contribution in [0, 0.1) is 0 Å². The van der Waals surface area contributed by atoms with Crippen LogP contribution in [0.15, 0.2) is 24.3 Å². The molecule has 1 aliphatic rings. The Kier molecular flexibility index (Phi) is 3.45. The van der Waals surface area contributed by atoms with Gasteiger partial charge in [0, 0.05) is 12.1 Å². The first-order valence-corrected chi connectivity index (χ1v) is 5.93. The molecule has 0 aliphatic carbocycles. The molecule has 1 aliphatic heterocycles. The van der Waals surface area contributed by atoms with Crippen LogP contribution in [0.5, 0.6) is 0 Å². The molecule has 1 unspecified atom stereocenters. The van der Waals surface area contributed by atoms with E-state index >= 15 is 0 Å². The number of rotatable bonds is 3. The topological polar surface area (TPSA) is 29.3 Å². The van der Waals surface area contributed by atoms with E-state index < -0.39 is 12.0 Å². The quantitative estimate of drug-likeness (QED) is 0.878. The maximum atomic E-state index is 14.3. The molecule has 17 heavy (non-hydrogen) atoms. The summed E-state index contributed by atoms with van der Waals surface area (Å²) >= 11 is 0. The monoisotopic (exact) mass is 240 g/mol. The smallest absolute Gasteiger partial charge is 0.288 e. The van der Waals surface area contributed by atoms with Crippen LogP contribution < -0.4 is 5.73 Å². The van der Waals surface area contributed by atoms with Gasteiger partial charge >= 0.3 is 0 Å². The van der Waals surface area contributed by atoms with E-state index in [9.17, 15) is 8.78 Å². The minimum Gasteiger partial charge on any atom is -0.326 e. The highest BCUT2D eigenvalue weighted by molar-refractivity contribution is 5.28. The molecule has 2 nitrogen and oxygen atoms in total. The van der Waals surface area contributed by atoms with E-state index in [1.807, 2.05) is 0 Å². The third-order valence-corrected chi connectivity index (χ3v) is 3.49. The van der Waals surface area contributed by atoms with E-state index in [1.165, 1.54) is 12.1 Å². The van der Waals surface area contributed by atoms with Crippen molar-refractivity contribution in [1.29, 1.82) is 0 Å². The minimum atomic E-state index is -2.80. The third-order valence-electron chi connectivity index (χ3n) is 3.49. The second-order valence-corrected chi connectivity index (χ2v) is 4.67. The molecule has 0 radical (unpaired) electrons. The summed E-state index contributed by atoms with van der Waals surface area (Å²) in [4.78, 5) is 1.75. The van der Waals surface area contributed by atoms with Gasteiger partial charge < -0.3 is 5.73 Å². The van der Waals surface area contributed by atoms with Crippen molar-refractivity contribution in [2.45, 2.75) is 31.4 Å². The first-order chi connectivity index (χ1) is 8.05. The molecule has 0 bridgehead atoms. The highest BCUT2D eigenvalue weighted by Gasteiger charge is 2.45. The van der Waals surface area contributed by atoms with Crippen LogP contribution in [0.4, 0.5) is 8.78 Å². The largest absolute Gasteiger partial charge is 0.326 e. The van der Waals surface area contributed by atoms with E-state index in [2.05, 4.69) is 0 Å². The normalized spacial score (nSPS) is 22.0. The molecule has 1 aromatic carbocycles. The van der Waals surface area contributed by atoms with Gasteiger partial charge in [-0.15, -0.1) is 0 Å². The van der Waals surface area contributed by atoms with Gasteiger partial charge in [-0.2, -0.15) is 8.78 Å². The van der Waals surface area contributed by atoms with Crippen molar-refractivity contribution in [3.05, 3.63) is 35.4 Å². The number of alkyl halides is 2. The van der Waals surface area contributed by atoms with Crippen molar-refractivity contribution in [3.8, 4) is 0 Å². The predicted molar refractivity (Wildman–Crippen MR) is 63.9 cm³/mol. The molecule has 94 valence electrons. The highest BCUT2D eigenvalue weighted by Crippen LogP contribution is 2.39. The number of nitrogens with two attached hydrogens (primary N) is 1. The molecule has 1 aromatic rings. The maximum absolute atomic E-state index is 14.3. The molecular formula is C13H18F2N2. The lowest BCUT2D eigenvalue weighted by Gasteiger charge is -2.29. The van der Waals surface area contributed by atoms with E-state index in [4.69, 9.17) is 5.73 Å². The zero-order valence-corrected chi connectivity index (χ0v) is 10.00. The molecule has 2 N–H and O–H groups in total. The molecule has 2 rings (SSSR count). The van der Waals surface area contributed by atoms with E-state index in [0.717, 1.165) is 18.5 Å². The highest BCUT2D eigenvalue weighted by atomic mass is 19.3. The van der Waals surface area contributed by atoms with Crippen molar-refractivity contribution in [2.75, 3.05) is 13.6 Å². The number of benzene rings is 1. The van der Waals surface area contributed by atoms with Gasteiger partial charge in [0.2, 0.25) is 0 Å². The number of hydrogen-bond acceptors (Lipinski definition) is 2. The maximum Gasteiger partial charge on any atom is 0.288 e. The Balaban J connectivity index is 2.29. The first kappa shape index (κ1) is 12.5. The van der Waals surface area contributed by atoms with Crippen LogP contribution in [0.2, 0.25) is 0 Å². The lowest BCUT2D eigenvalue weighted by Crippen LogP contribution is -2.39. The molecule has 4 heteroatoms. The Labute approximate surface area is 100 Å². The summed E-state index contributed by atoms with van der Waals surface area (Å²) in [6.07, 6.45) is 1.39. The Hall–Kier alpha value is -1.00. The number of hydrogen-bond donors (Lipinski definition) is 1. The Morgan fingerprint density at radius 2 is 2.24 bits per heavy atom. The Morgan fingerprint density at radius 3 is 2.82 bits per heavy atom. The summed E-state index contributed by atoms with van der Waals surface area (Å²) in [6.45, 7) is 1.04. The Morgan fingerprint density at radius 1 is 1.47 bits per heavy atom. The van der Waals surface area contributed by atoms with E-state index in [0.29, 0.717) is 13.0 Å². The number of likely N-dealkylation sites (tertiary alicyclic amines) is 1. The van der Waals surface area contributed by atoms with Crippen molar-refractivity contribution in [1.82, 2.24) is 4.90 Å². The summed E-state index contributed by atoms with van der Waals surface area (Å²) in [5.74, 6) is -2.80. The first-order valence-electron chi connectivity index (χ1n) is 5.93. The lowest BCUT2D eigenvalue weighted by molar-refractivity contribution is -0.0696. The molecule has 1 heterocycles. The van der Waals surface area contributed by atoms with Crippen LogP contribution in [-0.4, -0.2) is 24.5 Å². The third kappa shape index (κ3) is 2.33. The van der Waals surface area contributed by atoms with E-state index in [-0.39, 0.29) is 5.56 Å². The minimum absolute atomic E-state index is 0.0826. The summed E-state index contributed by atoms with van der Waals surface area (Å²) in [5.41, 5.74) is 6.32. The van der Waals surface area contributed by atoms with Crippen molar-refractivity contribution in [2.24, 2.45) is 5.73 Å². The average molecular weight is 240 g/mol. The van der Waals surface area contributed by atoms with Gasteiger partial charge in [0.15, 0.2) is 0 Å². The number of likely N-dealkylation sites (N-methyl/N-ethyl adjacent to an activating group) is 1. The molecule has 0 amide bonds. The molecule has 1 atom stereocenters. The van der Waals surface area contributed by atoms with Gasteiger partial charge in [0.05, 0.1) is 6.04 Å². The van der Waals surface area contributed by atoms with Crippen molar-refractivity contribution in [3.63, 3.8) is 0 Å². The average Bonchev–Trinajstić information content (AvgIpc) is 2.76. The zero-order valence-electron chi connectivity index (χ0n) is 10.00.